The summed E-state index contributed by atoms with van der Waals surface area (Å²) in [7, 11) is 0. The number of unbranched alkanes of at least 4 members (excludes halogenated alkanes) is 34. The quantitative estimate of drug-likeness (QED) is 0.0210. The van der Waals surface area contributed by atoms with Crippen molar-refractivity contribution in [2.24, 2.45) is 0 Å². The lowest BCUT2D eigenvalue weighted by Crippen LogP contribution is -2.66. The van der Waals surface area contributed by atoms with Gasteiger partial charge in [-0.2, -0.15) is 0 Å². The zero-order valence-corrected chi connectivity index (χ0v) is 50.7. The lowest BCUT2D eigenvalue weighted by atomic mass is 9.96. The molecule has 0 aromatic carbocycles. The van der Waals surface area contributed by atoms with E-state index >= 15 is 0 Å². The Labute approximate surface area is 493 Å². The van der Waals surface area contributed by atoms with E-state index in [9.17, 15) is 61.0 Å². The molecule has 3 aliphatic rings. The van der Waals surface area contributed by atoms with Crippen LogP contribution in [-0.2, 0) is 33.2 Å². The van der Waals surface area contributed by atoms with Crippen LogP contribution in [0.25, 0.3) is 0 Å². The smallest absolute Gasteiger partial charge is 0.220 e. The number of hydrogen-bond acceptors (Lipinski definition) is 18. The average molecular weight is 1180 g/mol. The number of aliphatic hydroxyl groups excluding tert-OH is 11. The number of amides is 1. The van der Waals surface area contributed by atoms with Crippen LogP contribution in [0.15, 0.2) is 12.2 Å². The van der Waals surface area contributed by atoms with Crippen molar-refractivity contribution in [3.63, 3.8) is 0 Å². The third-order valence-electron chi connectivity index (χ3n) is 16.8. The summed E-state index contributed by atoms with van der Waals surface area (Å²) in [6.07, 6.45) is 21.9. The summed E-state index contributed by atoms with van der Waals surface area (Å²) in [5.41, 5.74) is 0. The molecule has 0 aromatic heterocycles. The molecule has 484 valence electrons. The number of rotatable bonds is 50. The fourth-order valence-electron chi connectivity index (χ4n) is 11.4. The summed E-state index contributed by atoms with van der Waals surface area (Å²) >= 11 is 0. The molecule has 12 N–H and O–H groups in total. The van der Waals surface area contributed by atoms with Crippen LogP contribution < -0.4 is 5.32 Å². The number of aliphatic hydroxyl groups is 11. The highest BCUT2D eigenvalue weighted by molar-refractivity contribution is 5.76. The van der Waals surface area contributed by atoms with Crippen molar-refractivity contribution in [2.75, 3.05) is 26.4 Å². The molecule has 0 aliphatic carbocycles. The van der Waals surface area contributed by atoms with E-state index in [1.165, 1.54) is 180 Å². The predicted octanol–water partition coefficient (Wildman–Crippen LogP) is 7.33. The number of ether oxygens (including phenoxy) is 6. The minimum atomic E-state index is -1.97. The van der Waals surface area contributed by atoms with Gasteiger partial charge in [-0.15, -0.1) is 0 Å². The Hall–Kier alpha value is -1.47. The van der Waals surface area contributed by atoms with Gasteiger partial charge >= 0.3 is 0 Å². The summed E-state index contributed by atoms with van der Waals surface area (Å²) < 4.78 is 34.3. The minimum absolute atomic E-state index is 0.249. The Morgan fingerprint density at radius 3 is 1.15 bits per heavy atom. The van der Waals surface area contributed by atoms with Gasteiger partial charge in [0.05, 0.1) is 38.6 Å². The first-order chi connectivity index (χ1) is 39.8. The van der Waals surface area contributed by atoms with Gasteiger partial charge in [-0.25, -0.2) is 0 Å². The van der Waals surface area contributed by atoms with Crippen LogP contribution >= 0.6 is 0 Å². The molecule has 1 amide bonds. The number of carbonyl (C=O) groups excluding carboxylic acids is 1. The van der Waals surface area contributed by atoms with Gasteiger partial charge in [0.15, 0.2) is 18.9 Å². The number of nitrogens with one attached hydrogen (secondary N) is 1. The first-order valence-electron chi connectivity index (χ1n) is 32.9. The first kappa shape index (κ1) is 74.8. The average Bonchev–Trinajstić information content (AvgIpc) is 2.90. The van der Waals surface area contributed by atoms with Gasteiger partial charge < -0.3 is 89.9 Å². The summed E-state index contributed by atoms with van der Waals surface area (Å²) in [6.45, 7) is 1.75. The van der Waals surface area contributed by atoms with Crippen molar-refractivity contribution in [3.05, 3.63) is 12.2 Å². The van der Waals surface area contributed by atoms with Crippen LogP contribution in [-0.4, -0.2) is 193 Å². The number of allylic oxidation sites excluding steroid dienone is 1. The van der Waals surface area contributed by atoms with Crippen molar-refractivity contribution < 1.29 is 89.4 Å². The molecule has 82 heavy (non-hydrogen) atoms. The summed E-state index contributed by atoms with van der Waals surface area (Å²) in [5.74, 6) is -0.271. The zero-order valence-electron chi connectivity index (χ0n) is 50.7. The molecule has 0 bridgehead atoms. The molecule has 0 saturated carbocycles. The Morgan fingerprint density at radius 1 is 0.427 bits per heavy atom. The lowest BCUT2D eigenvalue weighted by Gasteiger charge is -2.48. The van der Waals surface area contributed by atoms with Crippen LogP contribution in [0.4, 0.5) is 0 Å². The standard InChI is InChI=1S/C63H119NO18/c1-3-5-7-9-11-13-15-17-19-20-21-22-23-24-25-26-27-29-31-33-35-37-39-41-51(69)64-46(47(68)40-38-36-34-32-30-28-18-16-14-12-10-8-6-4-2)45-77-61-57(75)54(72)59(49(43-66)79-61)82-63-58(76)55(73)60(50(44-67)80-63)81-62-56(74)53(71)52(70)48(42-65)78-62/h38,40,46-50,52-63,65-68,70-76H,3-37,39,41-45H2,1-2H3,(H,64,69)/b40-38+. The molecular formula is C63H119NO18. The van der Waals surface area contributed by atoms with Crippen molar-refractivity contribution in [1.82, 2.24) is 5.32 Å². The maximum atomic E-state index is 13.4. The molecular weight excluding hydrogens is 1060 g/mol. The van der Waals surface area contributed by atoms with E-state index in [2.05, 4.69) is 19.2 Å². The van der Waals surface area contributed by atoms with Gasteiger partial charge in [0.1, 0.15) is 73.2 Å². The van der Waals surface area contributed by atoms with E-state index in [1.54, 1.807) is 6.08 Å². The van der Waals surface area contributed by atoms with Crippen LogP contribution in [0, 0.1) is 0 Å². The predicted molar refractivity (Wildman–Crippen MR) is 314 cm³/mol. The van der Waals surface area contributed by atoms with Crippen LogP contribution in [0.1, 0.15) is 251 Å². The largest absolute Gasteiger partial charge is 0.394 e. The topological polar surface area (TPSA) is 307 Å². The van der Waals surface area contributed by atoms with Crippen molar-refractivity contribution in [3.8, 4) is 0 Å². The maximum Gasteiger partial charge on any atom is 0.220 e. The molecule has 3 heterocycles. The summed E-state index contributed by atoms with van der Waals surface area (Å²) in [4.78, 5) is 13.4. The summed E-state index contributed by atoms with van der Waals surface area (Å²) in [6, 6.07) is -0.967. The Balaban J connectivity index is 1.44. The van der Waals surface area contributed by atoms with Crippen molar-refractivity contribution in [2.45, 2.75) is 356 Å². The molecule has 0 aromatic rings. The van der Waals surface area contributed by atoms with Gasteiger partial charge in [0, 0.05) is 6.42 Å². The van der Waals surface area contributed by atoms with E-state index in [0.29, 0.717) is 6.42 Å². The second-order valence-corrected chi connectivity index (χ2v) is 23.9. The second-order valence-electron chi connectivity index (χ2n) is 23.9. The van der Waals surface area contributed by atoms with Gasteiger partial charge in [-0.1, -0.05) is 238 Å². The van der Waals surface area contributed by atoms with Crippen LogP contribution in [0.3, 0.4) is 0 Å². The highest BCUT2D eigenvalue weighted by Crippen LogP contribution is 2.33. The molecule has 3 saturated heterocycles. The minimum Gasteiger partial charge on any atom is -0.394 e. The van der Waals surface area contributed by atoms with E-state index in [1.807, 2.05) is 6.08 Å². The number of hydrogen-bond donors (Lipinski definition) is 12. The molecule has 3 fully saturated rings. The van der Waals surface area contributed by atoms with E-state index < -0.39 is 124 Å². The Morgan fingerprint density at radius 2 is 0.756 bits per heavy atom. The molecule has 19 heteroatoms. The van der Waals surface area contributed by atoms with Gasteiger partial charge in [-0.05, 0) is 19.3 Å². The normalized spacial score (nSPS) is 29.6. The van der Waals surface area contributed by atoms with Gasteiger partial charge in [-0.3, -0.25) is 4.79 Å². The van der Waals surface area contributed by atoms with Gasteiger partial charge in [0.25, 0.3) is 0 Å². The third kappa shape index (κ3) is 29.5. The maximum absolute atomic E-state index is 13.4. The summed E-state index contributed by atoms with van der Waals surface area (Å²) in [5, 5.41) is 120. The molecule has 17 unspecified atom stereocenters. The fourth-order valence-corrected chi connectivity index (χ4v) is 11.4. The molecule has 0 spiro atoms. The Kier molecular flexibility index (Phi) is 42.5. The van der Waals surface area contributed by atoms with Gasteiger partial charge in [0.2, 0.25) is 5.91 Å². The highest BCUT2D eigenvalue weighted by atomic mass is 16.8. The zero-order chi connectivity index (χ0) is 59.7. The SMILES string of the molecule is CCCCCCCCCCCCCC/C=C/C(O)C(COC1OC(CO)C(OC2OC(CO)C(OC3OC(CO)C(O)C(O)C3O)C(O)C2O)C(O)C1O)NC(=O)CCCCCCCCCCCCCCCCCCCCCCCCC. The van der Waals surface area contributed by atoms with Crippen LogP contribution in [0.5, 0.6) is 0 Å². The lowest BCUT2D eigenvalue weighted by molar-refractivity contribution is -0.379. The third-order valence-corrected chi connectivity index (χ3v) is 16.8. The fraction of sp³-hybridized carbons (Fsp3) is 0.952. The van der Waals surface area contributed by atoms with E-state index in [0.717, 1.165) is 44.9 Å². The monoisotopic (exact) mass is 1180 g/mol. The molecule has 17 atom stereocenters. The molecule has 3 rings (SSSR count). The van der Waals surface area contributed by atoms with Crippen LogP contribution in [0.2, 0.25) is 0 Å². The molecule has 0 radical (unpaired) electrons. The second kappa shape index (κ2) is 46.7. The molecule has 3 aliphatic heterocycles. The van der Waals surface area contributed by atoms with E-state index in [4.69, 9.17) is 28.4 Å². The van der Waals surface area contributed by atoms with E-state index in [-0.39, 0.29) is 18.9 Å². The number of carbonyl (C=O) groups is 1. The highest BCUT2D eigenvalue weighted by Gasteiger charge is 2.53. The van der Waals surface area contributed by atoms with Crippen molar-refractivity contribution >= 4 is 5.91 Å². The van der Waals surface area contributed by atoms with Crippen molar-refractivity contribution in [1.29, 1.82) is 0 Å². The Bertz CT molecular complexity index is 1550. The molecule has 19 nitrogen and oxygen atoms in total. The first-order valence-corrected chi connectivity index (χ1v) is 32.9.